The number of ether oxygens (including phenoxy) is 1. The smallest absolute Gasteiger partial charge is 0.446 e. The molecule has 1 aliphatic rings. The lowest BCUT2D eigenvalue weighted by atomic mass is 10.0. The third-order valence-corrected chi connectivity index (χ3v) is 3.02. The standard InChI is InChI=1S/C10H10F3NOS/c11-10(12,13)16-6-1-2-9-7(5-6)8(14)3-4-15-9/h1-2,5,8H,3-4,14H2/t8-/m1/s1. The van der Waals surface area contributed by atoms with Crippen molar-refractivity contribution < 1.29 is 17.9 Å². The Kier molecular flexibility index (Phi) is 3.03. The first-order valence-electron chi connectivity index (χ1n) is 4.74. The highest BCUT2D eigenvalue weighted by Crippen LogP contribution is 2.40. The molecule has 0 unspecified atom stereocenters. The van der Waals surface area contributed by atoms with Crippen molar-refractivity contribution in [1.82, 2.24) is 0 Å². The van der Waals surface area contributed by atoms with Crippen molar-refractivity contribution >= 4 is 11.8 Å². The molecule has 2 rings (SSSR count). The Balaban J connectivity index is 2.27. The van der Waals surface area contributed by atoms with E-state index >= 15 is 0 Å². The number of halogens is 3. The first-order chi connectivity index (χ1) is 7.46. The van der Waals surface area contributed by atoms with Crippen LogP contribution in [0.5, 0.6) is 5.75 Å². The third kappa shape index (κ3) is 2.62. The Bertz CT molecular complexity index is 394. The molecule has 1 heterocycles. The molecule has 1 aromatic carbocycles. The lowest BCUT2D eigenvalue weighted by Gasteiger charge is -2.23. The number of fused-ring (bicyclic) bond motifs is 1. The van der Waals surface area contributed by atoms with Gasteiger partial charge in [0.1, 0.15) is 5.75 Å². The van der Waals surface area contributed by atoms with E-state index in [1.165, 1.54) is 12.1 Å². The van der Waals surface area contributed by atoms with Gasteiger partial charge >= 0.3 is 5.51 Å². The summed E-state index contributed by atoms with van der Waals surface area (Å²) in [6, 6.07) is 4.16. The van der Waals surface area contributed by atoms with Crippen LogP contribution in [0.4, 0.5) is 13.2 Å². The van der Waals surface area contributed by atoms with Gasteiger partial charge in [-0.15, -0.1) is 0 Å². The normalized spacial score (nSPS) is 20.1. The van der Waals surface area contributed by atoms with Gasteiger partial charge in [0.2, 0.25) is 0 Å². The van der Waals surface area contributed by atoms with Gasteiger partial charge in [-0.3, -0.25) is 0 Å². The van der Waals surface area contributed by atoms with Gasteiger partial charge in [0.05, 0.1) is 6.61 Å². The fraction of sp³-hybridized carbons (Fsp3) is 0.400. The minimum absolute atomic E-state index is 0.136. The van der Waals surface area contributed by atoms with Crippen LogP contribution in [0.25, 0.3) is 0 Å². The summed E-state index contributed by atoms with van der Waals surface area (Å²) in [5.41, 5.74) is 2.19. The van der Waals surface area contributed by atoms with Crippen LogP contribution >= 0.6 is 11.8 Å². The Labute approximate surface area is 95.0 Å². The van der Waals surface area contributed by atoms with Crippen molar-refractivity contribution in [3.05, 3.63) is 23.8 Å². The van der Waals surface area contributed by atoms with Crippen molar-refractivity contribution in [3.63, 3.8) is 0 Å². The summed E-state index contributed by atoms with van der Waals surface area (Å²) >= 11 is -0.136. The Hall–Kier alpha value is -0.880. The van der Waals surface area contributed by atoms with Gasteiger partial charge in [-0.05, 0) is 30.0 Å². The highest BCUT2D eigenvalue weighted by molar-refractivity contribution is 8.00. The first-order valence-corrected chi connectivity index (χ1v) is 5.55. The molecule has 1 aliphatic heterocycles. The molecule has 0 aromatic heterocycles. The fourth-order valence-corrected chi connectivity index (χ4v) is 2.19. The van der Waals surface area contributed by atoms with Crippen molar-refractivity contribution in [2.24, 2.45) is 5.73 Å². The monoisotopic (exact) mass is 249 g/mol. The van der Waals surface area contributed by atoms with Crippen molar-refractivity contribution in [1.29, 1.82) is 0 Å². The molecular weight excluding hydrogens is 239 g/mol. The van der Waals surface area contributed by atoms with Crippen LogP contribution in [0.2, 0.25) is 0 Å². The maximum Gasteiger partial charge on any atom is 0.446 e. The summed E-state index contributed by atoms with van der Waals surface area (Å²) in [6.45, 7) is 0.514. The van der Waals surface area contributed by atoms with Gasteiger partial charge in [-0.1, -0.05) is 0 Å². The topological polar surface area (TPSA) is 35.2 Å². The molecule has 0 saturated heterocycles. The van der Waals surface area contributed by atoms with Crippen LogP contribution < -0.4 is 10.5 Å². The van der Waals surface area contributed by atoms with Crippen LogP contribution in [0.3, 0.4) is 0 Å². The van der Waals surface area contributed by atoms with Gasteiger partial charge in [-0.2, -0.15) is 13.2 Å². The highest BCUT2D eigenvalue weighted by Gasteiger charge is 2.30. The second-order valence-electron chi connectivity index (χ2n) is 3.49. The van der Waals surface area contributed by atoms with E-state index in [9.17, 15) is 13.2 Å². The summed E-state index contributed by atoms with van der Waals surface area (Å²) in [5.74, 6) is 0.588. The summed E-state index contributed by atoms with van der Waals surface area (Å²) in [4.78, 5) is 0.146. The average Bonchev–Trinajstić information content (AvgIpc) is 2.17. The lowest BCUT2D eigenvalue weighted by molar-refractivity contribution is -0.0328. The lowest BCUT2D eigenvalue weighted by Crippen LogP contribution is -2.20. The Morgan fingerprint density at radius 1 is 1.38 bits per heavy atom. The first kappa shape index (κ1) is 11.6. The molecule has 2 nitrogen and oxygen atoms in total. The largest absolute Gasteiger partial charge is 0.493 e. The van der Waals surface area contributed by atoms with E-state index in [4.69, 9.17) is 10.5 Å². The SMILES string of the molecule is N[C@@H]1CCOc2ccc(SC(F)(F)F)cc21. The number of nitrogens with two attached hydrogens (primary N) is 1. The molecule has 0 bridgehead atoms. The van der Waals surface area contributed by atoms with E-state index in [1.807, 2.05) is 0 Å². The van der Waals surface area contributed by atoms with Crippen LogP contribution in [-0.2, 0) is 0 Å². The number of benzene rings is 1. The van der Waals surface area contributed by atoms with E-state index in [2.05, 4.69) is 0 Å². The maximum atomic E-state index is 12.2. The van der Waals surface area contributed by atoms with E-state index in [0.717, 1.165) is 0 Å². The Morgan fingerprint density at radius 2 is 2.12 bits per heavy atom. The van der Waals surface area contributed by atoms with E-state index in [0.29, 0.717) is 24.3 Å². The molecule has 6 heteroatoms. The quantitative estimate of drug-likeness (QED) is 0.777. The second kappa shape index (κ2) is 4.18. The maximum absolute atomic E-state index is 12.2. The van der Waals surface area contributed by atoms with E-state index < -0.39 is 5.51 Å². The van der Waals surface area contributed by atoms with Crippen molar-refractivity contribution in [2.45, 2.75) is 22.9 Å². The molecule has 0 saturated carbocycles. The summed E-state index contributed by atoms with van der Waals surface area (Å²) < 4.78 is 41.8. The zero-order valence-electron chi connectivity index (χ0n) is 8.25. The number of rotatable bonds is 1. The van der Waals surface area contributed by atoms with Gasteiger partial charge < -0.3 is 10.5 Å². The van der Waals surface area contributed by atoms with Crippen molar-refractivity contribution in [2.75, 3.05) is 6.61 Å². The predicted molar refractivity (Wildman–Crippen MR) is 55.4 cm³/mol. The molecule has 1 aromatic rings. The van der Waals surface area contributed by atoms with Crippen LogP contribution in [0, 0.1) is 0 Å². The van der Waals surface area contributed by atoms with Crippen LogP contribution in [-0.4, -0.2) is 12.1 Å². The number of hydrogen-bond acceptors (Lipinski definition) is 3. The molecule has 0 spiro atoms. The fourth-order valence-electron chi connectivity index (χ4n) is 1.60. The number of alkyl halides is 3. The summed E-state index contributed by atoms with van der Waals surface area (Å²) in [7, 11) is 0. The molecule has 2 N–H and O–H groups in total. The molecule has 1 atom stereocenters. The van der Waals surface area contributed by atoms with Gasteiger partial charge in [0.15, 0.2) is 0 Å². The number of hydrogen-bond donors (Lipinski definition) is 1. The number of thioether (sulfide) groups is 1. The summed E-state index contributed by atoms with van der Waals surface area (Å²) in [5, 5.41) is 0. The molecule has 88 valence electrons. The van der Waals surface area contributed by atoms with Gasteiger partial charge in [0, 0.05) is 22.9 Å². The molecule has 16 heavy (non-hydrogen) atoms. The average molecular weight is 249 g/mol. The van der Waals surface area contributed by atoms with Crippen LogP contribution in [0.1, 0.15) is 18.0 Å². The predicted octanol–water partition coefficient (Wildman–Crippen LogP) is 3.08. The van der Waals surface area contributed by atoms with Gasteiger partial charge in [-0.25, -0.2) is 0 Å². The zero-order chi connectivity index (χ0) is 11.8. The minimum Gasteiger partial charge on any atom is -0.493 e. The molecule has 0 aliphatic carbocycles. The minimum atomic E-state index is -4.27. The zero-order valence-corrected chi connectivity index (χ0v) is 9.07. The van der Waals surface area contributed by atoms with Gasteiger partial charge in [0.25, 0.3) is 0 Å². The van der Waals surface area contributed by atoms with Crippen LogP contribution in [0.15, 0.2) is 23.1 Å². The Morgan fingerprint density at radius 3 is 2.81 bits per heavy atom. The highest BCUT2D eigenvalue weighted by atomic mass is 32.2. The third-order valence-electron chi connectivity index (χ3n) is 2.30. The molecule has 0 amide bonds. The van der Waals surface area contributed by atoms with Crippen molar-refractivity contribution in [3.8, 4) is 5.75 Å². The second-order valence-corrected chi connectivity index (χ2v) is 4.63. The summed E-state index contributed by atoms with van der Waals surface area (Å²) in [6.07, 6.45) is 0.632. The van der Waals surface area contributed by atoms with E-state index in [1.54, 1.807) is 6.07 Å². The molecule has 0 radical (unpaired) electrons. The molecule has 0 fully saturated rings. The molecular formula is C10H10F3NOS. The van der Waals surface area contributed by atoms with E-state index in [-0.39, 0.29) is 22.7 Å².